The second-order valence-corrected chi connectivity index (χ2v) is 6.37. The van der Waals surface area contributed by atoms with Crippen LogP contribution in [0, 0.1) is 5.41 Å². The predicted molar refractivity (Wildman–Crippen MR) is 78.2 cm³/mol. The van der Waals surface area contributed by atoms with Crippen molar-refractivity contribution in [1.29, 1.82) is 0 Å². The standard InChI is InChI=1S/C15H31NO3/c1-6-8-10-15(12-17,9-7-2)11-16-13(18)19-14(3,4)5/h17H,6-12H2,1-5H3,(H,16,18). The number of carbonyl (C=O) groups is 1. The minimum atomic E-state index is -0.486. The molecule has 0 aliphatic heterocycles. The van der Waals surface area contributed by atoms with Crippen molar-refractivity contribution in [3.8, 4) is 0 Å². The van der Waals surface area contributed by atoms with Gasteiger partial charge in [-0.15, -0.1) is 0 Å². The zero-order valence-corrected chi connectivity index (χ0v) is 13.2. The van der Waals surface area contributed by atoms with Crippen molar-refractivity contribution < 1.29 is 14.6 Å². The van der Waals surface area contributed by atoms with Crippen LogP contribution in [0.25, 0.3) is 0 Å². The molecule has 19 heavy (non-hydrogen) atoms. The molecule has 4 nitrogen and oxygen atoms in total. The number of hydrogen-bond donors (Lipinski definition) is 2. The van der Waals surface area contributed by atoms with Crippen LogP contribution in [0.1, 0.15) is 66.7 Å². The fraction of sp³-hybridized carbons (Fsp3) is 0.933. The molecule has 0 radical (unpaired) electrons. The van der Waals surface area contributed by atoms with Gasteiger partial charge in [0.25, 0.3) is 0 Å². The van der Waals surface area contributed by atoms with Crippen LogP contribution in [0.15, 0.2) is 0 Å². The van der Waals surface area contributed by atoms with E-state index < -0.39 is 11.7 Å². The van der Waals surface area contributed by atoms with Crippen LogP contribution >= 0.6 is 0 Å². The van der Waals surface area contributed by atoms with E-state index in [9.17, 15) is 9.90 Å². The molecule has 0 fully saturated rings. The number of carbonyl (C=O) groups excluding carboxylic acids is 1. The van der Waals surface area contributed by atoms with E-state index in [1.165, 1.54) is 0 Å². The molecule has 0 aliphatic carbocycles. The maximum Gasteiger partial charge on any atom is 0.407 e. The molecule has 0 spiro atoms. The Bertz CT molecular complexity index is 261. The largest absolute Gasteiger partial charge is 0.444 e. The topological polar surface area (TPSA) is 58.6 Å². The summed E-state index contributed by atoms with van der Waals surface area (Å²) in [4.78, 5) is 11.7. The summed E-state index contributed by atoms with van der Waals surface area (Å²) in [6, 6.07) is 0. The van der Waals surface area contributed by atoms with Gasteiger partial charge in [0.1, 0.15) is 5.60 Å². The van der Waals surface area contributed by atoms with Gasteiger partial charge in [0.05, 0.1) is 6.61 Å². The SMILES string of the molecule is CCCCC(CO)(CCC)CNC(=O)OC(C)(C)C. The molecule has 0 bridgehead atoms. The van der Waals surface area contributed by atoms with Crippen LogP contribution in [0.4, 0.5) is 4.79 Å². The first-order chi connectivity index (χ1) is 8.78. The number of aliphatic hydroxyl groups excluding tert-OH is 1. The fourth-order valence-electron chi connectivity index (χ4n) is 2.17. The van der Waals surface area contributed by atoms with Gasteiger partial charge in [-0.3, -0.25) is 0 Å². The molecule has 0 aliphatic rings. The van der Waals surface area contributed by atoms with Crippen LogP contribution in [0.2, 0.25) is 0 Å². The summed E-state index contributed by atoms with van der Waals surface area (Å²) in [6.07, 6.45) is 4.61. The molecule has 0 aromatic carbocycles. The van der Waals surface area contributed by atoms with Crippen LogP contribution < -0.4 is 5.32 Å². The first-order valence-corrected chi connectivity index (χ1v) is 7.36. The normalized spacial score (nSPS) is 14.8. The number of rotatable bonds is 8. The van der Waals surface area contributed by atoms with Crippen LogP contribution in [-0.4, -0.2) is 30.0 Å². The Labute approximate surface area is 117 Å². The number of alkyl carbamates (subject to hydrolysis) is 1. The highest BCUT2D eigenvalue weighted by molar-refractivity contribution is 5.67. The van der Waals surface area contributed by atoms with Gasteiger partial charge in [-0.2, -0.15) is 0 Å². The molecule has 1 atom stereocenters. The van der Waals surface area contributed by atoms with E-state index in [1.807, 2.05) is 20.8 Å². The van der Waals surface area contributed by atoms with Crippen LogP contribution in [-0.2, 0) is 4.74 Å². The Morgan fingerprint density at radius 3 is 2.21 bits per heavy atom. The lowest BCUT2D eigenvalue weighted by atomic mass is 9.79. The van der Waals surface area contributed by atoms with Gasteiger partial charge in [0.15, 0.2) is 0 Å². The summed E-state index contributed by atoms with van der Waals surface area (Å²) < 4.78 is 5.23. The maximum absolute atomic E-state index is 11.7. The van der Waals surface area contributed by atoms with E-state index in [1.54, 1.807) is 0 Å². The molecule has 1 unspecified atom stereocenters. The monoisotopic (exact) mass is 273 g/mol. The summed E-state index contributed by atoms with van der Waals surface area (Å²) in [7, 11) is 0. The first kappa shape index (κ1) is 18.2. The van der Waals surface area contributed by atoms with E-state index >= 15 is 0 Å². The lowest BCUT2D eigenvalue weighted by Gasteiger charge is -2.32. The molecular formula is C15H31NO3. The molecule has 1 amide bonds. The molecule has 0 saturated carbocycles. The Kier molecular flexibility index (Phi) is 8.07. The van der Waals surface area contributed by atoms with Gasteiger partial charge in [0, 0.05) is 12.0 Å². The van der Waals surface area contributed by atoms with Gasteiger partial charge in [-0.25, -0.2) is 4.79 Å². The van der Waals surface area contributed by atoms with Gasteiger partial charge in [-0.1, -0.05) is 33.1 Å². The first-order valence-electron chi connectivity index (χ1n) is 7.36. The van der Waals surface area contributed by atoms with Crippen molar-refractivity contribution in [3.63, 3.8) is 0 Å². The second-order valence-electron chi connectivity index (χ2n) is 6.37. The quantitative estimate of drug-likeness (QED) is 0.712. The summed E-state index contributed by atoms with van der Waals surface area (Å²) in [6.45, 7) is 10.3. The zero-order valence-electron chi connectivity index (χ0n) is 13.2. The Balaban J connectivity index is 4.43. The number of amides is 1. The molecule has 0 aromatic heterocycles. The predicted octanol–water partition coefficient (Wildman–Crippen LogP) is 3.48. The maximum atomic E-state index is 11.7. The average Bonchev–Trinajstić information content (AvgIpc) is 2.31. The second kappa shape index (κ2) is 8.41. The van der Waals surface area contributed by atoms with E-state index in [4.69, 9.17) is 4.74 Å². The molecule has 2 N–H and O–H groups in total. The highest BCUT2D eigenvalue weighted by Crippen LogP contribution is 2.29. The molecule has 114 valence electrons. The Hall–Kier alpha value is -0.770. The summed E-state index contributed by atoms with van der Waals surface area (Å²) in [5.74, 6) is 0. The Morgan fingerprint density at radius 1 is 1.16 bits per heavy atom. The van der Waals surface area contributed by atoms with Crippen molar-refractivity contribution in [3.05, 3.63) is 0 Å². The lowest BCUT2D eigenvalue weighted by molar-refractivity contribution is 0.0441. The third kappa shape index (κ3) is 8.09. The highest BCUT2D eigenvalue weighted by Gasteiger charge is 2.29. The molecule has 0 rings (SSSR count). The van der Waals surface area contributed by atoms with E-state index in [-0.39, 0.29) is 12.0 Å². The smallest absolute Gasteiger partial charge is 0.407 e. The number of ether oxygens (including phenoxy) is 1. The summed E-state index contributed by atoms with van der Waals surface area (Å²) >= 11 is 0. The van der Waals surface area contributed by atoms with E-state index in [0.29, 0.717) is 6.54 Å². The van der Waals surface area contributed by atoms with E-state index in [2.05, 4.69) is 19.2 Å². The minimum absolute atomic E-state index is 0.108. The van der Waals surface area contributed by atoms with Crippen molar-refractivity contribution in [1.82, 2.24) is 5.32 Å². The van der Waals surface area contributed by atoms with Crippen molar-refractivity contribution >= 4 is 6.09 Å². The molecule has 0 heterocycles. The van der Waals surface area contributed by atoms with Crippen LogP contribution in [0.5, 0.6) is 0 Å². The number of nitrogens with one attached hydrogen (secondary N) is 1. The van der Waals surface area contributed by atoms with E-state index in [0.717, 1.165) is 32.1 Å². The third-order valence-electron chi connectivity index (χ3n) is 3.18. The molecular weight excluding hydrogens is 242 g/mol. The number of unbranched alkanes of at least 4 members (excludes halogenated alkanes) is 1. The highest BCUT2D eigenvalue weighted by atomic mass is 16.6. The molecule has 4 heteroatoms. The van der Waals surface area contributed by atoms with Gasteiger partial charge >= 0.3 is 6.09 Å². The average molecular weight is 273 g/mol. The molecule has 0 aromatic rings. The van der Waals surface area contributed by atoms with Crippen LogP contribution in [0.3, 0.4) is 0 Å². The lowest BCUT2D eigenvalue weighted by Crippen LogP contribution is -2.42. The summed E-state index contributed by atoms with van der Waals surface area (Å²) in [5.41, 5.74) is -0.693. The number of aliphatic hydroxyl groups is 1. The number of hydrogen-bond acceptors (Lipinski definition) is 3. The Morgan fingerprint density at radius 2 is 1.79 bits per heavy atom. The van der Waals surface area contributed by atoms with Gasteiger partial charge in [-0.05, 0) is 33.6 Å². The van der Waals surface area contributed by atoms with Crippen molar-refractivity contribution in [2.24, 2.45) is 5.41 Å². The summed E-state index contributed by atoms with van der Waals surface area (Å²) in [5, 5.41) is 12.5. The molecule has 0 saturated heterocycles. The fourth-order valence-corrected chi connectivity index (χ4v) is 2.17. The van der Waals surface area contributed by atoms with Gasteiger partial charge in [0.2, 0.25) is 0 Å². The van der Waals surface area contributed by atoms with Crippen molar-refractivity contribution in [2.45, 2.75) is 72.3 Å². The van der Waals surface area contributed by atoms with Gasteiger partial charge < -0.3 is 15.2 Å². The zero-order chi connectivity index (χ0) is 14.9. The third-order valence-corrected chi connectivity index (χ3v) is 3.18. The van der Waals surface area contributed by atoms with Crippen molar-refractivity contribution in [2.75, 3.05) is 13.2 Å². The minimum Gasteiger partial charge on any atom is -0.444 e.